The van der Waals surface area contributed by atoms with Crippen LogP contribution in [0.4, 0.5) is 5.69 Å². The Bertz CT molecular complexity index is 1450. The first-order chi connectivity index (χ1) is 16.8. The third kappa shape index (κ3) is 5.39. The highest BCUT2D eigenvalue weighted by atomic mass is 35.5. The number of anilines is 1. The Morgan fingerprint density at radius 2 is 1.94 bits per heavy atom. The molecular weight excluding hydrogens is 502 g/mol. The molecule has 0 bridgehead atoms. The Balaban J connectivity index is 1.72. The van der Waals surface area contributed by atoms with Gasteiger partial charge in [0.15, 0.2) is 5.16 Å². The van der Waals surface area contributed by atoms with E-state index in [1.54, 1.807) is 47.3 Å². The van der Waals surface area contributed by atoms with Gasteiger partial charge in [0.1, 0.15) is 10.6 Å². The first-order valence-corrected chi connectivity index (χ1v) is 13.4. The Labute approximate surface area is 217 Å². The number of benzene rings is 2. The molecule has 2 heterocycles. The monoisotopic (exact) mass is 527 g/mol. The van der Waals surface area contributed by atoms with Crippen molar-refractivity contribution < 1.29 is 9.53 Å². The molecule has 0 aliphatic rings. The molecule has 1 amide bonds. The van der Waals surface area contributed by atoms with Crippen molar-refractivity contribution in [2.75, 3.05) is 18.2 Å². The SMILES string of the molecule is CCCc1sc2nc(SCC(=O)Nc3cc(Cl)ccc3C)n(-c3ccc(OC)cc3)c(=O)c2c1C. The second kappa shape index (κ2) is 10.8. The van der Waals surface area contributed by atoms with E-state index in [4.69, 9.17) is 21.3 Å². The first-order valence-electron chi connectivity index (χ1n) is 11.2. The number of hydrogen-bond acceptors (Lipinski definition) is 6. The van der Waals surface area contributed by atoms with Crippen molar-refractivity contribution in [3.8, 4) is 11.4 Å². The number of carbonyl (C=O) groups excluding carboxylic acids is 1. The Morgan fingerprint density at radius 3 is 2.63 bits per heavy atom. The maximum atomic E-state index is 13.7. The highest BCUT2D eigenvalue weighted by Gasteiger charge is 2.20. The minimum absolute atomic E-state index is 0.0895. The van der Waals surface area contributed by atoms with Gasteiger partial charge in [-0.2, -0.15) is 0 Å². The standard InChI is InChI=1S/C26H26ClN3O3S2/c1-5-6-21-16(3)23-24(35-21)29-26(30(25(23)32)18-9-11-19(33-4)12-10-18)34-14-22(31)28-20-13-17(27)8-7-15(20)2/h7-13H,5-6,14H2,1-4H3,(H,28,31). The molecule has 0 atom stereocenters. The van der Waals surface area contributed by atoms with Gasteiger partial charge in [-0.3, -0.25) is 14.2 Å². The van der Waals surface area contributed by atoms with Crippen molar-refractivity contribution in [1.29, 1.82) is 0 Å². The fraction of sp³-hybridized carbons (Fsp3) is 0.269. The van der Waals surface area contributed by atoms with Crippen LogP contribution in [0.25, 0.3) is 15.9 Å². The van der Waals surface area contributed by atoms with Crippen LogP contribution >= 0.6 is 34.7 Å². The van der Waals surface area contributed by atoms with Crippen molar-refractivity contribution in [1.82, 2.24) is 9.55 Å². The summed E-state index contributed by atoms with van der Waals surface area (Å²) in [4.78, 5) is 33.2. The van der Waals surface area contributed by atoms with Gasteiger partial charge in [0.05, 0.1) is 23.9 Å². The van der Waals surface area contributed by atoms with E-state index in [0.29, 0.717) is 37.5 Å². The van der Waals surface area contributed by atoms with Gasteiger partial charge in [-0.05, 0) is 67.8 Å². The molecule has 0 unspecified atom stereocenters. The molecule has 0 spiro atoms. The number of amides is 1. The molecule has 0 fully saturated rings. The van der Waals surface area contributed by atoms with Gasteiger partial charge in [-0.15, -0.1) is 11.3 Å². The van der Waals surface area contributed by atoms with E-state index in [-0.39, 0.29) is 17.2 Å². The van der Waals surface area contributed by atoms with Crippen molar-refractivity contribution in [2.45, 2.75) is 38.8 Å². The summed E-state index contributed by atoms with van der Waals surface area (Å²) in [6.45, 7) is 6.01. The van der Waals surface area contributed by atoms with E-state index in [1.807, 2.05) is 32.0 Å². The van der Waals surface area contributed by atoms with E-state index < -0.39 is 0 Å². The number of fused-ring (bicyclic) bond motifs is 1. The Morgan fingerprint density at radius 1 is 1.20 bits per heavy atom. The summed E-state index contributed by atoms with van der Waals surface area (Å²) in [5.41, 5.74) is 3.10. The average Bonchev–Trinajstić information content (AvgIpc) is 3.15. The number of nitrogens with one attached hydrogen (secondary N) is 1. The molecule has 2 aromatic heterocycles. The molecule has 4 rings (SSSR count). The second-order valence-electron chi connectivity index (χ2n) is 8.11. The predicted octanol–water partition coefficient (Wildman–Crippen LogP) is 6.41. The van der Waals surface area contributed by atoms with E-state index >= 15 is 0 Å². The zero-order valence-corrected chi connectivity index (χ0v) is 22.4. The fourth-order valence-electron chi connectivity index (χ4n) is 3.78. The first kappa shape index (κ1) is 25.3. The maximum Gasteiger partial charge on any atom is 0.267 e. The van der Waals surface area contributed by atoms with Gasteiger partial charge in [0.25, 0.3) is 5.56 Å². The molecule has 9 heteroatoms. The van der Waals surface area contributed by atoms with Crippen LogP contribution in [-0.4, -0.2) is 28.3 Å². The van der Waals surface area contributed by atoms with Crippen molar-refractivity contribution in [2.24, 2.45) is 0 Å². The largest absolute Gasteiger partial charge is 0.497 e. The van der Waals surface area contributed by atoms with Crippen LogP contribution < -0.4 is 15.6 Å². The average molecular weight is 528 g/mol. The summed E-state index contributed by atoms with van der Waals surface area (Å²) >= 11 is 8.86. The number of aromatic nitrogens is 2. The quantitative estimate of drug-likeness (QED) is 0.212. The number of thioether (sulfide) groups is 1. The zero-order valence-electron chi connectivity index (χ0n) is 20.0. The van der Waals surface area contributed by atoms with Crippen LogP contribution in [0, 0.1) is 13.8 Å². The van der Waals surface area contributed by atoms with Crippen LogP contribution in [0.2, 0.25) is 5.02 Å². The van der Waals surface area contributed by atoms with E-state index in [0.717, 1.165) is 24.0 Å². The minimum atomic E-state index is -0.204. The summed E-state index contributed by atoms with van der Waals surface area (Å²) in [6, 6.07) is 12.6. The zero-order chi connectivity index (χ0) is 25.1. The molecule has 0 radical (unpaired) electrons. The van der Waals surface area contributed by atoms with Crippen molar-refractivity contribution >= 4 is 56.5 Å². The molecule has 0 saturated carbocycles. The lowest BCUT2D eigenvalue weighted by Gasteiger charge is -2.13. The van der Waals surface area contributed by atoms with Crippen LogP contribution in [-0.2, 0) is 11.2 Å². The maximum absolute atomic E-state index is 13.7. The van der Waals surface area contributed by atoms with Crippen LogP contribution in [0.15, 0.2) is 52.4 Å². The summed E-state index contributed by atoms with van der Waals surface area (Å²) < 4.78 is 6.85. The highest BCUT2D eigenvalue weighted by Crippen LogP contribution is 2.31. The third-order valence-electron chi connectivity index (χ3n) is 5.65. The van der Waals surface area contributed by atoms with Gasteiger partial charge >= 0.3 is 0 Å². The predicted molar refractivity (Wildman–Crippen MR) is 146 cm³/mol. The van der Waals surface area contributed by atoms with Crippen LogP contribution in [0.5, 0.6) is 5.75 Å². The normalized spacial score (nSPS) is 11.1. The second-order valence-corrected chi connectivity index (χ2v) is 10.6. The van der Waals surface area contributed by atoms with Gasteiger partial charge in [-0.25, -0.2) is 4.98 Å². The molecule has 0 aliphatic heterocycles. The molecule has 1 N–H and O–H groups in total. The molecule has 182 valence electrons. The number of aryl methyl sites for hydroxylation is 3. The lowest BCUT2D eigenvalue weighted by Crippen LogP contribution is -2.23. The lowest BCUT2D eigenvalue weighted by molar-refractivity contribution is -0.113. The van der Waals surface area contributed by atoms with Crippen LogP contribution in [0.1, 0.15) is 29.3 Å². The van der Waals surface area contributed by atoms with Gasteiger partial charge in [0, 0.05) is 15.6 Å². The number of carbonyl (C=O) groups is 1. The smallest absolute Gasteiger partial charge is 0.267 e. The fourth-order valence-corrected chi connectivity index (χ4v) is 6.08. The van der Waals surface area contributed by atoms with Gasteiger partial charge in [-0.1, -0.05) is 42.8 Å². The topological polar surface area (TPSA) is 73.2 Å². The van der Waals surface area contributed by atoms with Crippen molar-refractivity contribution in [3.63, 3.8) is 0 Å². The molecule has 2 aromatic carbocycles. The molecule has 0 aliphatic carbocycles. The number of halogens is 1. The van der Waals surface area contributed by atoms with E-state index in [9.17, 15) is 9.59 Å². The Kier molecular flexibility index (Phi) is 7.84. The summed E-state index contributed by atoms with van der Waals surface area (Å²) in [5, 5.41) is 4.56. The number of nitrogens with zero attached hydrogens (tertiary/aromatic N) is 2. The summed E-state index contributed by atoms with van der Waals surface area (Å²) in [7, 11) is 1.60. The Hall–Kier alpha value is -2.81. The van der Waals surface area contributed by atoms with E-state index in [1.165, 1.54) is 16.6 Å². The third-order valence-corrected chi connectivity index (χ3v) is 8.07. The number of thiophene rings is 1. The highest BCUT2D eigenvalue weighted by molar-refractivity contribution is 7.99. The van der Waals surface area contributed by atoms with Gasteiger partial charge in [0.2, 0.25) is 5.91 Å². The van der Waals surface area contributed by atoms with Crippen molar-refractivity contribution in [3.05, 3.63) is 73.8 Å². The van der Waals surface area contributed by atoms with E-state index in [2.05, 4.69) is 12.2 Å². The molecule has 0 saturated heterocycles. The minimum Gasteiger partial charge on any atom is -0.497 e. The molecular formula is C26H26ClN3O3S2. The summed E-state index contributed by atoms with van der Waals surface area (Å²) in [5.74, 6) is 0.579. The number of ether oxygens (including phenoxy) is 1. The van der Waals surface area contributed by atoms with Gasteiger partial charge < -0.3 is 10.1 Å². The summed E-state index contributed by atoms with van der Waals surface area (Å²) in [6.07, 6.45) is 1.89. The number of hydrogen-bond donors (Lipinski definition) is 1. The molecule has 6 nitrogen and oxygen atoms in total. The number of rotatable bonds is 8. The lowest BCUT2D eigenvalue weighted by atomic mass is 10.1. The van der Waals surface area contributed by atoms with Crippen LogP contribution in [0.3, 0.4) is 0 Å². The number of methoxy groups -OCH3 is 1. The molecule has 35 heavy (non-hydrogen) atoms. The molecule has 4 aromatic rings.